The standard InChI is InChI=1S/C20H24N4O6/c21-11-13-4-3-5-14(10-13)19(28)22-12-16(25)23-15(20(29)30)6-1-2-9-24-17(26)7-8-18(24)27/h3-5,7-8,10,15H,1-2,6,9,11-12,21H2,(H,22,28)(H,23,25)(H,29,30)/t15-/m0/s1. The third-order valence-electron chi connectivity index (χ3n) is 4.49. The Morgan fingerprint density at radius 3 is 2.43 bits per heavy atom. The van der Waals surface area contributed by atoms with E-state index >= 15 is 0 Å². The molecule has 10 heteroatoms. The van der Waals surface area contributed by atoms with Gasteiger partial charge < -0.3 is 21.5 Å². The van der Waals surface area contributed by atoms with Gasteiger partial charge in [-0.05, 0) is 37.0 Å². The van der Waals surface area contributed by atoms with Gasteiger partial charge in [0.15, 0.2) is 0 Å². The first-order valence-electron chi connectivity index (χ1n) is 9.44. The molecule has 1 aliphatic rings. The summed E-state index contributed by atoms with van der Waals surface area (Å²) in [5, 5.41) is 14.1. The Morgan fingerprint density at radius 2 is 1.80 bits per heavy atom. The third-order valence-corrected chi connectivity index (χ3v) is 4.49. The van der Waals surface area contributed by atoms with Crippen molar-refractivity contribution in [2.24, 2.45) is 5.73 Å². The summed E-state index contributed by atoms with van der Waals surface area (Å²) in [7, 11) is 0. The average Bonchev–Trinajstić information content (AvgIpc) is 3.05. The number of nitrogens with zero attached hydrogens (tertiary/aromatic N) is 1. The summed E-state index contributed by atoms with van der Waals surface area (Å²) < 4.78 is 0. The topological polar surface area (TPSA) is 159 Å². The molecule has 0 spiro atoms. The normalized spacial score (nSPS) is 14.0. The molecule has 1 aromatic rings. The van der Waals surface area contributed by atoms with E-state index in [2.05, 4.69) is 10.6 Å². The van der Waals surface area contributed by atoms with Gasteiger partial charge in [0.05, 0.1) is 6.54 Å². The van der Waals surface area contributed by atoms with Crippen LogP contribution in [0.2, 0.25) is 0 Å². The van der Waals surface area contributed by atoms with Crippen molar-refractivity contribution in [3.05, 3.63) is 47.5 Å². The van der Waals surface area contributed by atoms with Crippen molar-refractivity contribution in [1.82, 2.24) is 15.5 Å². The largest absolute Gasteiger partial charge is 0.480 e. The molecular formula is C20H24N4O6. The molecule has 1 atom stereocenters. The number of carbonyl (C=O) groups is 5. The number of nitrogens with two attached hydrogens (primary N) is 1. The Kier molecular flexibility index (Phi) is 8.24. The van der Waals surface area contributed by atoms with Gasteiger partial charge in [-0.25, -0.2) is 4.79 Å². The van der Waals surface area contributed by atoms with Crippen LogP contribution in [0, 0.1) is 0 Å². The second kappa shape index (κ2) is 10.9. The van der Waals surface area contributed by atoms with Crippen LogP contribution in [0.15, 0.2) is 36.4 Å². The second-order valence-corrected chi connectivity index (χ2v) is 6.70. The van der Waals surface area contributed by atoms with Crippen molar-refractivity contribution in [3.8, 4) is 0 Å². The van der Waals surface area contributed by atoms with Crippen molar-refractivity contribution in [3.63, 3.8) is 0 Å². The van der Waals surface area contributed by atoms with Crippen LogP contribution < -0.4 is 16.4 Å². The van der Waals surface area contributed by atoms with Gasteiger partial charge in [-0.15, -0.1) is 0 Å². The predicted molar refractivity (Wildman–Crippen MR) is 106 cm³/mol. The molecule has 0 radical (unpaired) electrons. The number of hydrogen-bond acceptors (Lipinski definition) is 6. The fourth-order valence-electron chi connectivity index (χ4n) is 2.87. The van der Waals surface area contributed by atoms with E-state index in [1.807, 2.05) is 0 Å². The van der Waals surface area contributed by atoms with E-state index in [9.17, 15) is 29.1 Å². The van der Waals surface area contributed by atoms with Crippen LogP contribution in [-0.2, 0) is 25.7 Å². The van der Waals surface area contributed by atoms with E-state index < -0.39 is 35.6 Å². The number of nitrogens with one attached hydrogen (secondary N) is 2. The summed E-state index contributed by atoms with van der Waals surface area (Å²) in [6.45, 7) is 0.0826. The predicted octanol–water partition coefficient (Wildman–Crippen LogP) is -0.460. The molecule has 10 nitrogen and oxygen atoms in total. The Morgan fingerprint density at radius 1 is 1.10 bits per heavy atom. The van der Waals surface area contributed by atoms with Crippen LogP contribution in [0.4, 0.5) is 0 Å². The number of imide groups is 1. The van der Waals surface area contributed by atoms with Gasteiger partial charge >= 0.3 is 5.97 Å². The maximum absolute atomic E-state index is 12.1. The van der Waals surface area contributed by atoms with Gasteiger partial charge in [0.2, 0.25) is 5.91 Å². The van der Waals surface area contributed by atoms with Crippen molar-refractivity contribution in [1.29, 1.82) is 0 Å². The molecule has 30 heavy (non-hydrogen) atoms. The van der Waals surface area contributed by atoms with Crippen LogP contribution >= 0.6 is 0 Å². The molecule has 0 fully saturated rings. The van der Waals surface area contributed by atoms with E-state index in [0.29, 0.717) is 18.4 Å². The Balaban J connectivity index is 1.75. The van der Waals surface area contributed by atoms with Crippen molar-refractivity contribution in [2.75, 3.05) is 13.1 Å². The molecule has 160 valence electrons. The molecule has 0 unspecified atom stereocenters. The number of amides is 4. The third kappa shape index (κ3) is 6.52. The van der Waals surface area contributed by atoms with E-state index in [4.69, 9.17) is 5.73 Å². The zero-order valence-corrected chi connectivity index (χ0v) is 16.3. The fourth-order valence-corrected chi connectivity index (χ4v) is 2.87. The van der Waals surface area contributed by atoms with Gasteiger partial charge in [0, 0.05) is 30.8 Å². The molecule has 1 heterocycles. The van der Waals surface area contributed by atoms with Crippen LogP contribution in [0.3, 0.4) is 0 Å². The summed E-state index contributed by atoms with van der Waals surface area (Å²) in [4.78, 5) is 59.5. The molecule has 2 rings (SSSR count). The van der Waals surface area contributed by atoms with Gasteiger partial charge in [-0.3, -0.25) is 24.1 Å². The minimum Gasteiger partial charge on any atom is -0.480 e. The van der Waals surface area contributed by atoms with Crippen LogP contribution in [0.5, 0.6) is 0 Å². The highest BCUT2D eigenvalue weighted by Crippen LogP contribution is 2.08. The smallest absolute Gasteiger partial charge is 0.326 e. The summed E-state index contributed by atoms with van der Waals surface area (Å²) in [6.07, 6.45) is 3.28. The summed E-state index contributed by atoms with van der Waals surface area (Å²) in [6, 6.07) is 5.50. The zero-order valence-electron chi connectivity index (χ0n) is 16.3. The van der Waals surface area contributed by atoms with E-state index in [-0.39, 0.29) is 26.1 Å². The number of carboxylic acids is 1. The van der Waals surface area contributed by atoms with Crippen molar-refractivity contribution in [2.45, 2.75) is 31.8 Å². The maximum atomic E-state index is 12.1. The van der Waals surface area contributed by atoms with Gasteiger partial charge in [0.1, 0.15) is 6.04 Å². The minimum atomic E-state index is -1.21. The highest BCUT2D eigenvalue weighted by molar-refractivity contribution is 6.12. The van der Waals surface area contributed by atoms with Gasteiger partial charge in [0.25, 0.3) is 17.7 Å². The number of hydrogen-bond donors (Lipinski definition) is 4. The Labute approximate surface area is 173 Å². The summed E-state index contributed by atoms with van der Waals surface area (Å²) >= 11 is 0. The highest BCUT2D eigenvalue weighted by atomic mass is 16.4. The summed E-state index contributed by atoms with van der Waals surface area (Å²) in [5.41, 5.74) is 6.65. The number of carboxylic acid groups (broad SMARTS) is 1. The summed E-state index contributed by atoms with van der Waals surface area (Å²) in [5.74, 6) is -3.10. The molecule has 1 aromatic carbocycles. The first-order chi connectivity index (χ1) is 14.3. The van der Waals surface area contributed by atoms with Gasteiger partial charge in [-0.1, -0.05) is 12.1 Å². The lowest BCUT2D eigenvalue weighted by Crippen LogP contribution is -2.45. The fraction of sp³-hybridized carbons (Fsp3) is 0.350. The molecule has 0 saturated heterocycles. The maximum Gasteiger partial charge on any atom is 0.326 e. The minimum absolute atomic E-state index is 0.122. The van der Waals surface area contributed by atoms with Crippen LogP contribution in [0.1, 0.15) is 35.2 Å². The number of aliphatic carboxylic acids is 1. The Hall–Kier alpha value is -3.53. The molecule has 5 N–H and O–H groups in total. The lowest BCUT2D eigenvalue weighted by atomic mass is 10.1. The van der Waals surface area contributed by atoms with Crippen LogP contribution in [0.25, 0.3) is 0 Å². The molecule has 4 amide bonds. The molecular weight excluding hydrogens is 392 g/mol. The number of unbranched alkanes of at least 4 members (excludes halogenated alkanes) is 1. The zero-order chi connectivity index (χ0) is 22.1. The van der Waals surface area contributed by atoms with Gasteiger partial charge in [-0.2, -0.15) is 0 Å². The lowest BCUT2D eigenvalue weighted by molar-refractivity contribution is -0.142. The number of benzene rings is 1. The molecule has 0 bridgehead atoms. The molecule has 1 aliphatic heterocycles. The molecule has 0 saturated carbocycles. The van der Waals surface area contributed by atoms with Crippen LogP contribution in [-0.4, -0.2) is 58.7 Å². The van der Waals surface area contributed by atoms with Crippen molar-refractivity contribution < 1.29 is 29.1 Å². The first kappa shape index (κ1) is 22.8. The first-order valence-corrected chi connectivity index (χ1v) is 9.44. The Bertz CT molecular complexity index is 849. The SMILES string of the molecule is NCc1cccc(C(=O)NCC(=O)N[C@@H](CCCCN2C(=O)C=CC2=O)C(=O)O)c1. The lowest BCUT2D eigenvalue weighted by Gasteiger charge is -2.16. The monoisotopic (exact) mass is 416 g/mol. The van der Waals surface area contributed by atoms with E-state index in [1.54, 1.807) is 24.3 Å². The second-order valence-electron chi connectivity index (χ2n) is 6.70. The van der Waals surface area contributed by atoms with E-state index in [0.717, 1.165) is 10.5 Å². The molecule has 0 aromatic heterocycles. The average molecular weight is 416 g/mol. The molecule has 0 aliphatic carbocycles. The van der Waals surface area contributed by atoms with E-state index in [1.165, 1.54) is 12.2 Å². The number of carbonyl (C=O) groups excluding carboxylic acids is 4. The quantitative estimate of drug-likeness (QED) is 0.280. The number of rotatable bonds is 11. The van der Waals surface area contributed by atoms with Crippen molar-refractivity contribution >= 4 is 29.6 Å². The highest BCUT2D eigenvalue weighted by Gasteiger charge is 2.24.